The van der Waals surface area contributed by atoms with E-state index in [0.29, 0.717) is 6.42 Å². The summed E-state index contributed by atoms with van der Waals surface area (Å²) < 4.78 is 5.12. The molecule has 0 N–H and O–H groups in total. The number of hydrogen-bond donors (Lipinski definition) is 0. The largest absolute Gasteiger partial charge is 0.497 e. The zero-order chi connectivity index (χ0) is 12.1. The van der Waals surface area contributed by atoms with Gasteiger partial charge in [-0.2, -0.15) is 0 Å². The van der Waals surface area contributed by atoms with Crippen LogP contribution in [0.5, 0.6) is 5.75 Å². The third-order valence-corrected chi connectivity index (χ3v) is 3.89. The van der Waals surface area contributed by atoms with Gasteiger partial charge in [0, 0.05) is 36.7 Å². The first-order valence-corrected chi connectivity index (χ1v) is 6.92. The summed E-state index contributed by atoms with van der Waals surface area (Å²) in [7, 11) is 1.62. The van der Waals surface area contributed by atoms with Gasteiger partial charge in [0.1, 0.15) is 5.75 Å². The molecule has 0 bridgehead atoms. The molecular formula is C13H17NO2S. The van der Waals surface area contributed by atoms with E-state index in [9.17, 15) is 4.79 Å². The summed E-state index contributed by atoms with van der Waals surface area (Å²) in [4.78, 5) is 14.3. The number of Topliss-reactive ketones (excluding diaryl/α,β-unsaturated/α-hetero) is 1. The highest BCUT2D eigenvalue weighted by atomic mass is 32.2. The van der Waals surface area contributed by atoms with Crippen LogP contribution in [0.15, 0.2) is 24.3 Å². The molecule has 0 amide bonds. The lowest BCUT2D eigenvalue weighted by molar-refractivity contribution is 0.0969. The van der Waals surface area contributed by atoms with E-state index in [1.807, 2.05) is 30.0 Å². The van der Waals surface area contributed by atoms with Crippen LogP contribution in [0.1, 0.15) is 16.8 Å². The number of hydrogen-bond acceptors (Lipinski definition) is 4. The second-order valence-electron chi connectivity index (χ2n) is 4.06. The average Bonchev–Trinajstić information content (AvgIpc) is 2.89. The third kappa shape index (κ3) is 3.48. The van der Waals surface area contributed by atoms with Crippen molar-refractivity contribution in [2.24, 2.45) is 0 Å². The van der Waals surface area contributed by atoms with Gasteiger partial charge in [0.05, 0.1) is 7.11 Å². The van der Waals surface area contributed by atoms with Crippen molar-refractivity contribution >= 4 is 17.5 Å². The molecule has 3 nitrogen and oxygen atoms in total. The van der Waals surface area contributed by atoms with Gasteiger partial charge in [-0.1, -0.05) is 12.1 Å². The number of thioether (sulfide) groups is 1. The predicted octanol–water partition coefficient (Wildman–Crippen LogP) is 2.27. The maximum Gasteiger partial charge on any atom is 0.164 e. The number of nitrogens with zero attached hydrogens (tertiary/aromatic N) is 1. The molecule has 0 spiro atoms. The van der Waals surface area contributed by atoms with Crippen LogP contribution in [0.25, 0.3) is 0 Å². The molecule has 1 heterocycles. The van der Waals surface area contributed by atoms with Crippen molar-refractivity contribution < 1.29 is 9.53 Å². The fourth-order valence-corrected chi connectivity index (χ4v) is 2.86. The van der Waals surface area contributed by atoms with Gasteiger partial charge >= 0.3 is 0 Å². The van der Waals surface area contributed by atoms with Crippen LogP contribution in [0.4, 0.5) is 0 Å². The first-order valence-electron chi connectivity index (χ1n) is 5.77. The predicted molar refractivity (Wildman–Crippen MR) is 70.8 cm³/mol. The molecule has 0 aliphatic carbocycles. The van der Waals surface area contributed by atoms with Crippen LogP contribution in [-0.2, 0) is 0 Å². The molecule has 0 aromatic heterocycles. The minimum absolute atomic E-state index is 0.195. The summed E-state index contributed by atoms with van der Waals surface area (Å²) >= 11 is 1.93. The van der Waals surface area contributed by atoms with Crippen LogP contribution in [0.3, 0.4) is 0 Å². The highest BCUT2D eigenvalue weighted by Gasteiger charge is 2.14. The molecule has 92 valence electrons. The topological polar surface area (TPSA) is 29.5 Å². The van der Waals surface area contributed by atoms with E-state index in [2.05, 4.69) is 4.90 Å². The van der Waals surface area contributed by atoms with Gasteiger partial charge < -0.3 is 4.74 Å². The Morgan fingerprint density at radius 1 is 1.53 bits per heavy atom. The Kier molecular flexibility index (Phi) is 4.45. The number of benzene rings is 1. The summed E-state index contributed by atoms with van der Waals surface area (Å²) in [5.41, 5.74) is 0.746. The van der Waals surface area contributed by atoms with Crippen molar-refractivity contribution in [3.63, 3.8) is 0 Å². The summed E-state index contributed by atoms with van der Waals surface area (Å²) in [5.74, 6) is 3.19. The van der Waals surface area contributed by atoms with Gasteiger partial charge in [-0.25, -0.2) is 0 Å². The van der Waals surface area contributed by atoms with E-state index in [1.165, 1.54) is 5.75 Å². The van der Waals surface area contributed by atoms with Crippen LogP contribution < -0.4 is 4.74 Å². The minimum atomic E-state index is 0.195. The molecule has 1 aliphatic heterocycles. The van der Waals surface area contributed by atoms with Crippen LogP contribution in [0, 0.1) is 0 Å². The van der Waals surface area contributed by atoms with Crippen molar-refractivity contribution in [2.45, 2.75) is 6.42 Å². The molecular weight excluding hydrogens is 234 g/mol. The Balaban J connectivity index is 1.89. The zero-order valence-corrected chi connectivity index (χ0v) is 10.8. The van der Waals surface area contributed by atoms with Gasteiger partial charge in [0.25, 0.3) is 0 Å². The lowest BCUT2D eigenvalue weighted by Gasteiger charge is -2.12. The molecule has 1 fully saturated rings. The molecule has 0 unspecified atom stereocenters. The first-order chi connectivity index (χ1) is 8.29. The van der Waals surface area contributed by atoms with E-state index >= 15 is 0 Å². The fourth-order valence-electron chi connectivity index (χ4n) is 1.83. The summed E-state index contributed by atoms with van der Waals surface area (Å²) in [5, 5.41) is 0. The average molecular weight is 251 g/mol. The molecule has 0 radical (unpaired) electrons. The van der Waals surface area contributed by atoms with Gasteiger partial charge in [-0.15, -0.1) is 11.8 Å². The zero-order valence-electron chi connectivity index (χ0n) is 10.0. The van der Waals surface area contributed by atoms with E-state index in [4.69, 9.17) is 4.74 Å². The monoisotopic (exact) mass is 251 g/mol. The van der Waals surface area contributed by atoms with Crippen molar-refractivity contribution in [1.82, 2.24) is 4.90 Å². The maximum absolute atomic E-state index is 12.0. The lowest BCUT2D eigenvalue weighted by Crippen LogP contribution is -2.22. The van der Waals surface area contributed by atoms with E-state index in [0.717, 1.165) is 30.3 Å². The minimum Gasteiger partial charge on any atom is -0.497 e. The molecule has 1 aromatic rings. The van der Waals surface area contributed by atoms with Gasteiger partial charge in [-0.05, 0) is 12.1 Å². The lowest BCUT2D eigenvalue weighted by atomic mass is 10.1. The van der Waals surface area contributed by atoms with Gasteiger partial charge in [0.15, 0.2) is 5.78 Å². The number of carbonyl (C=O) groups excluding carboxylic acids is 1. The Bertz CT molecular complexity index is 389. The SMILES string of the molecule is COc1cccc(C(=O)CCN2CCSC2)c1. The molecule has 0 atom stereocenters. The Hall–Kier alpha value is -1.00. The van der Waals surface area contributed by atoms with Crippen molar-refractivity contribution in [2.75, 3.05) is 31.8 Å². The van der Waals surface area contributed by atoms with Crippen LogP contribution in [0.2, 0.25) is 0 Å². The molecule has 1 saturated heterocycles. The van der Waals surface area contributed by atoms with Crippen molar-refractivity contribution in [3.05, 3.63) is 29.8 Å². The van der Waals surface area contributed by atoms with Crippen LogP contribution in [-0.4, -0.2) is 42.5 Å². The highest BCUT2D eigenvalue weighted by molar-refractivity contribution is 7.99. The number of rotatable bonds is 5. The smallest absolute Gasteiger partial charge is 0.164 e. The molecule has 0 saturated carbocycles. The van der Waals surface area contributed by atoms with Crippen molar-refractivity contribution in [3.8, 4) is 5.75 Å². The Labute approximate surface area is 106 Å². The standard InChI is InChI=1S/C13H17NO2S/c1-16-12-4-2-3-11(9-12)13(15)5-6-14-7-8-17-10-14/h2-4,9H,5-8,10H2,1H3. The molecule has 4 heteroatoms. The van der Waals surface area contributed by atoms with Gasteiger partial charge in [-0.3, -0.25) is 9.69 Å². The Morgan fingerprint density at radius 3 is 3.12 bits per heavy atom. The number of carbonyl (C=O) groups is 1. The van der Waals surface area contributed by atoms with Gasteiger partial charge in [0.2, 0.25) is 0 Å². The number of ketones is 1. The third-order valence-electron chi connectivity index (χ3n) is 2.87. The number of ether oxygens (including phenoxy) is 1. The molecule has 2 rings (SSSR count). The Morgan fingerprint density at radius 2 is 2.41 bits per heavy atom. The summed E-state index contributed by atoms with van der Waals surface area (Å²) in [6.07, 6.45) is 0.591. The quantitative estimate of drug-likeness (QED) is 0.751. The molecule has 1 aliphatic rings. The fraction of sp³-hybridized carbons (Fsp3) is 0.462. The molecule has 1 aromatic carbocycles. The van der Waals surface area contributed by atoms with Crippen molar-refractivity contribution in [1.29, 1.82) is 0 Å². The van der Waals surface area contributed by atoms with E-state index in [-0.39, 0.29) is 5.78 Å². The summed E-state index contributed by atoms with van der Waals surface area (Å²) in [6, 6.07) is 7.37. The molecule has 17 heavy (non-hydrogen) atoms. The van der Waals surface area contributed by atoms with Crippen LogP contribution >= 0.6 is 11.8 Å². The van der Waals surface area contributed by atoms with E-state index in [1.54, 1.807) is 13.2 Å². The normalized spacial score (nSPS) is 16.1. The summed E-state index contributed by atoms with van der Waals surface area (Å²) in [6.45, 7) is 1.97. The second kappa shape index (κ2) is 6.07. The van der Waals surface area contributed by atoms with E-state index < -0.39 is 0 Å². The second-order valence-corrected chi connectivity index (χ2v) is 5.14. The maximum atomic E-state index is 12.0. The highest BCUT2D eigenvalue weighted by Crippen LogP contribution is 2.16. The number of methoxy groups -OCH3 is 1. The first kappa shape index (κ1) is 12.5.